The van der Waals surface area contributed by atoms with Crippen LogP contribution < -0.4 is 5.32 Å². The number of piperidine rings is 1. The number of alkyl halides is 6. The van der Waals surface area contributed by atoms with E-state index in [4.69, 9.17) is 0 Å². The molecule has 176 valence electrons. The number of rotatable bonds is 6. The van der Waals surface area contributed by atoms with E-state index in [1.165, 1.54) is 25.3 Å². The molecule has 32 heavy (non-hydrogen) atoms. The summed E-state index contributed by atoms with van der Waals surface area (Å²) in [5.41, 5.74) is -3.77. The number of fused-ring (bicyclic) bond motifs is 3. The van der Waals surface area contributed by atoms with E-state index >= 15 is 0 Å². The third-order valence-electron chi connectivity index (χ3n) is 6.52. The quantitative estimate of drug-likeness (QED) is 0.609. The maximum atomic E-state index is 13.4. The van der Waals surface area contributed by atoms with Gasteiger partial charge in [-0.2, -0.15) is 26.3 Å². The van der Waals surface area contributed by atoms with E-state index in [-0.39, 0.29) is 23.5 Å². The predicted octanol–water partition coefficient (Wildman–Crippen LogP) is 4.77. The van der Waals surface area contributed by atoms with Gasteiger partial charge in [-0.15, -0.1) is 0 Å². The van der Waals surface area contributed by atoms with Crippen molar-refractivity contribution in [2.75, 3.05) is 19.6 Å². The van der Waals surface area contributed by atoms with E-state index in [1.807, 2.05) is 6.92 Å². The van der Waals surface area contributed by atoms with Gasteiger partial charge in [-0.1, -0.05) is 12.1 Å². The molecule has 1 saturated carbocycles. The number of pyridine rings is 1. The summed E-state index contributed by atoms with van der Waals surface area (Å²) in [6.45, 7) is 3.61. The number of benzene rings is 1. The number of hydrogen-bond acceptors (Lipinski definition) is 4. The molecule has 0 amide bonds. The minimum absolute atomic E-state index is 0.0371. The molecule has 1 aromatic carbocycles. The summed E-state index contributed by atoms with van der Waals surface area (Å²) in [7, 11) is 0. The Hall–Kier alpha value is -1.91. The molecular formula is C22H25F6N3O. The van der Waals surface area contributed by atoms with Gasteiger partial charge >= 0.3 is 12.4 Å². The zero-order valence-electron chi connectivity index (χ0n) is 17.5. The van der Waals surface area contributed by atoms with Gasteiger partial charge in [0.05, 0.1) is 17.2 Å². The summed E-state index contributed by atoms with van der Waals surface area (Å²) in [6, 6.07) is 4.21. The Morgan fingerprint density at radius 3 is 2.50 bits per heavy atom. The molecule has 0 spiro atoms. The summed E-state index contributed by atoms with van der Waals surface area (Å²) in [6.07, 6.45) is -7.64. The Kier molecular flexibility index (Phi) is 6.15. The number of nitrogens with zero attached hydrogens (tertiary/aromatic N) is 2. The molecule has 2 fully saturated rings. The average Bonchev–Trinajstić information content (AvgIpc) is 3.32. The van der Waals surface area contributed by atoms with Crippen molar-refractivity contribution in [3.05, 3.63) is 41.1 Å². The molecular weight excluding hydrogens is 436 g/mol. The zero-order valence-corrected chi connectivity index (χ0v) is 17.5. The second-order valence-corrected chi connectivity index (χ2v) is 8.91. The lowest BCUT2D eigenvalue weighted by Crippen LogP contribution is -2.43. The highest BCUT2D eigenvalue weighted by Crippen LogP contribution is 2.39. The zero-order chi connectivity index (χ0) is 23.3. The van der Waals surface area contributed by atoms with Crippen molar-refractivity contribution in [1.29, 1.82) is 0 Å². The van der Waals surface area contributed by atoms with Crippen LogP contribution in [0.5, 0.6) is 0 Å². The number of para-hydroxylation sites is 1. The molecule has 1 aliphatic heterocycles. The van der Waals surface area contributed by atoms with Crippen molar-refractivity contribution in [2.24, 2.45) is 5.92 Å². The van der Waals surface area contributed by atoms with Gasteiger partial charge in [-0.25, -0.2) is 4.98 Å². The van der Waals surface area contributed by atoms with Gasteiger partial charge in [0, 0.05) is 37.1 Å². The first-order chi connectivity index (χ1) is 14.9. The first-order valence-electron chi connectivity index (χ1n) is 10.7. The fourth-order valence-corrected chi connectivity index (χ4v) is 5.01. The molecule has 4 nitrogen and oxygen atoms in total. The maximum absolute atomic E-state index is 13.4. The van der Waals surface area contributed by atoms with Crippen molar-refractivity contribution < 1.29 is 31.4 Å². The van der Waals surface area contributed by atoms with Crippen LogP contribution in [0.25, 0.3) is 10.9 Å². The third kappa shape index (κ3) is 4.72. The van der Waals surface area contributed by atoms with Gasteiger partial charge in [0.25, 0.3) is 0 Å². The smallest absolute Gasteiger partial charge is 0.387 e. The molecule has 2 N–H and O–H groups in total. The fourth-order valence-electron chi connectivity index (χ4n) is 5.01. The minimum Gasteiger partial charge on any atom is -0.387 e. The largest absolute Gasteiger partial charge is 0.433 e. The Morgan fingerprint density at radius 1 is 1.16 bits per heavy atom. The van der Waals surface area contributed by atoms with E-state index in [1.54, 1.807) is 0 Å². The van der Waals surface area contributed by atoms with Crippen LogP contribution in [0.3, 0.4) is 0 Å². The maximum Gasteiger partial charge on any atom is 0.433 e. The second kappa shape index (κ2) is 8.46. The molecule has 4 atom stereocenters. The van der Waals surface area contributed by atoms with Crippen LogP contribution in [0.4, 0.5) is 26.3 Å². The molecule has 4 rings (SSSR count). The second-order valence-electron chi connectivity index (χ2n) is 8.91. The Bertz CT molecular complexity index is 977. The molecule has 2 unspecified atom stereocenters. The number of aliphatic hydroxyl groups is 1. The van der Waals surface area contributed by atoms with Crippen molar-refractivity contribution in [2.45, 2.75) is 56.7 Å². The molecule has 2 heterocycles. The van der Waals surface area contributed by atoms with E-state index in [0.717, 1.165) is 25.1 Å². The lowest BCUT2D eigenvalue weighted by Gasteiger charge is -2.30. The number of halogens is 6. The standard InChI is InChI=1S/C22H25F6N3O/c1-12(10-31-11-13-5-6-14(31)7-13)29-9-18(32)16-8-19(22(26,27)28)30-20-15(16)3-2-4-17(20)21(23,24)25/h2-4,8,12-14,18,29,32H,5-7,9-11H2,1H3/t12?,13-,14+,18?/m1/s1. The Balaban J connectivity index is 1.56. The van der Waals surface area contributed by atoms with Gasteiger partial charge in [0.2, 0.25) is 0 Å². The highest BCUT2D eigenvalue weighted by molar-refractivity contribution is 5.86. The number of aromatic nitrogens is 1. The van der Waals surface area contributed by atoms with Crippen LogP contribution in [-0.4, -0.2) is 46.7 Å². The summed E-state index contributed by atoms with van der Waals surface area (Å²) in [5.74, 6) is 0.726. The average molecular weight is 461 g/mol. The van der Waals surface area contributed by atoms with E-state index in [2.05, 4.69) is 15.2 Å². The van der Waals surface area contributed by atoms with Crippen LogP contribution in [0.2, 0.25) is 0 Å². The summed E-state index contributed by atoms with van der Waals surface area (Å²) < 4.78 is 80.2. The number of nitrogens with one attached hydrogen (secondary N) is 1. The highest BCUT2D eigenvalue weighted by Gasteiger charge is 2.39. The van der Waals surface area contributed by atoms with Crippen LogP contribution in [0.15, 0.2) is 24.3 Å². The van der Waals surface area contributed by atoms with Crippen molar-refractivity contribution in [3.8, 4) is 0 Å². The topological polar surface area (TPSA) is 48.4 Å². The van der Waals surface area contributed by atoms with Gasteiger partial charge in [0.15, 0.2) is 0 Å². The normalized spacial score (nSPS) is 23.8. The molecule has 1 aromatic heterocycles. The van der Waals surface area contributed by atoms with E-state index < -0.39 is 35.2 Å². The SMILES string of the molecule is CC(CN1C[C@@H]2CC[C@H]1C2)NCC(O)c1cc(C(F)(F)F)nc2c(C(F)(F)F)cccc12. The van der Waals surface area contributed by atoms with Gasteiger partial charge in [-0.3, -0.25) is 4.90 Å². The van der Waals surface area contributed by atoms with Crippen LogP contribution in [-0.2, 0) is 12.4 Å². The molecule has 10 heteroatoms. The Morgan fingerprint density at radius 2 is 1.91 bits per heavy atom. The molecule has 2 aromatic rings. The number of hydrogen-bond donors (Lipinski definition) is 2. The molecule has 2 bridgehead atoms. The van der Waals surface area contributed by atoms with Crippen molar-refractivity contribution >= 4 is 10.9 Å². The summed E-state index contributed by atoms with van der Waals surface area (Å²) in [5, 5.41) is 13.6. The summed E-state index contributed by atoms with van der Waals surface area (Å²) in [4.78, 5) is 5.64. The third-order valence-corrected chi connectivity index (χ3v) is 6.52. The van der Waals surface area contributed by atoms with E-state index in [9.17, 15) is 31.4 Å². The minimum atomic E-state index is -4.95. The number of aliphatic hydroxyl groups excluding tert-OH is 1. The van der Waals surface area contributed by atoms with Gasteiger partial charge in [0.1, 0.15) is 5.69 Å². The van der Waals surface area contributed by atoms with Crippen LogP contribution in [0, 0.1) is 5.92 Å². The van der Waals surface area contributed by atoms with Crippen LogP contribution >= 0.6 is 0 Å². The molecule has 1 saturated heterocycles. The molecule has 1 aliphatic carbocycles. The van der Waals surface area contributed by atoms with Crippen molar-refractivity contribution in [3.63, 3.8) is 0 Å². The Labute approximate surface area is 181 Å². The molecule has 2 aliphatic rings. The first kappa shape index (κ1) is 23.3. The monoisotopic (exact) mass is 461 g/mol. The first-order valence-corrected chi connectivity index (χ1v) is 10.7. The lowest BCUT2D eigenvalue weighted by molar-refractivity contribution is -0.142. The summed E-state index contributed by atoms with van der Waals surface area (Å²) >= 11 is 0. The van der Waals surface area contributed by atoms with Crippen LogP contribution in [0.1, 0.15) is 49.1 Å². The predicted molar refractivity (Wildman–Crippen MR) is 107 cm³/mol. The number of likely N-dealkylation sites (tertiary alicyclic amines) is 1. The van der Waals surface area contributed by atoms with Crippen molar-refractivity contribution in [1.82, 2.24) is 15.2 Å². The lowest BCUT2D eigenvalue weighted by atomic mass is 9.99. The molecule has 0 radical (unpaired) electrons. The van der Waals surface area contributed by atoms with E-state index in [0.29, 0.717) is 18.2 Å². The van der Waals surface area contributed by atoms with Gasteiger partial charge < -0.3 is 10.4 Å². The highest BCUT2D eigenvalue weighted by atomic mass is 19.4. The van der Waals surface area contributed by atoms with Gasteiger partial charge in [-0.05, 0) is 49.8 Å². The fraction of sp³-hybridized carbons (Fsp3) is 0.591.